The van der Waals surface area contributed by atoms with E-state index < -0.39 is 28.3 Å². The molecule has 0 heterocycles. The molecule has 0 fully saturated rings. The molecule has 4 rings (SSSR count). The first-order valence-corrected chi connectivity index (χ1v) is 13.7. The van der Waals surface area contributed by atoms with Gasteiger partial charge >= 0.3 is 0 Å². The number of carbonyl (C=O) groups excluding carboxylic acids is 1. The molecule has 0 spiro atoms. The van der Waals surface area contributed by atoms with Gasteiger partial charge in [0.2, 0.25) is 5.91 Å². The second-order valence-electron chi connectivity index (χ2n) is 7.76. The van der Waals surface area contributed by atoms with E-state index in [1.807, 2.05) is 36.4 Å². The summed E-state index contributed by atoms with van der Waals surface area (Å²) in [7, 11) is -4.13. The van der Waals surface area contributed by atoms with Gasteiger partial charge in [0.25, 0.3) is 10.0 Å². The maximum absolute atomic E-state index is 13.4. The summed E-state index contributed by atoms with van der Waals surface area (Å²) in [5.74, 6) is -0.395. The number of thioether (sulfide) groups is 1. The average molecular weight is 541 g/mol. The topological polar surface area (TPSA) is 66.5 Å². The molecule has 0 saturated heterocycles. The molecule has 1 amide bonds. The Labute approximate surface area is 219 Å². The number of hydrogen-bond donors (Lipinski definition) is 1. The van der Waals surface area contributed by atoms with Gasteiger partial charge in [-0.1, -0.05) is 54.1 Å². The average Bonchev–Trinajstić information content (AvgIpc) is 2.88. The third-order valence-corrected chi connectivity index (χ3v) is 8.39. The van der Waals surface area contributed by atoms with E-state index in [0.717, 1.165) is 26.9 Å². The van der Waals surface area contributed by atoms with Crippen LogP contribution in [0.3, 0.4) is 0 Å². The quantitative estimate of drug-likeness (QED) is 0.243. The number of nitrogens with zero attached hydrogens (tertiary/aromatic N) is 1. The van der Waals surface area contributed by atoms with Crippen molar-refractivity contribution in [3.63, 3.8) is 0 Å². The molecule has 0 bridgehead atoms. The zero-order chi connectivity index (χ0) is 25.5. The van der Waals surface area contributed by atoms with Crippen molar-refractivity contribution in [1.29, 1.82) is 0 Å². The van der Waals surface area contributed by atoms with Gasteiger partial charge in [0.05, 0.1) is 16.3 Å². The van der Waals surface area contributed by atoms with Gasteiger partial charge in [0.1, 0.15) is 12.4 Å². The second-order valence-corrected chi connectivity index (χ2v) is 11.1. The number of sulfonamides is 1. The molecule has 4 aromatic rings. The SMILES string of the molecule is O=C(CN(c1ccccc1)S(=O)(=O)c1ccc(F)cc1)Nc1ccccc1SCc1ccc(Cl)cc1. The Hall–Kier alpha value is -3.33. The van der Waals surface area contributed by atoms with Crippen molar-refractivity contribution in [1.82, 2.24) is 0 Å². The normalized spacial score (nSPS) is 11.2. The third-order valence-electron chi connectivity index (χ3n) is 5.20. The molecule has 0 atom stereocenters. The van der Waals surface area contributed by atoms with Crippen LogP contribution in [0.25, 0.3) is 0 Å². The number of carbonyl (C=O) groups is 1. The summed E-state index contributed by atoms with van der Waals surface area (Å²) in [4.78, 5) is 13.8. The Morgan fingerprint density at radius 2 is 1.50 bits per heavy atom. The number of amides is 1. The van der Waals surface area contributed by atoms with E-state index in [0.29, 0.717) is 22.2 Å². The van der Waals surface area contributed by atoms with Crippen LogP contribution in [-0.2, 0) is 20.6 Å². The lowest BCUT2D eigenvalue weighted by molar-refractivity contribution is -0.114. The monoisotopic (exact) mass is 540 g/mol. The molecular formula is C27H22ClFN2O3S2. The molecule has 4 aromatic carbocycles. The first-order valence-electron chi connectivity index (χ1n) is 10.9. The molecular weight excluding hydrogens is 519 g/mol. The maximum atomic E-state index is 13.4. The van der Waals surface area contributed by atoms with Crippen molar-refractivity contribution in [2.45, 2.75) is 15.5 Å². The molecule has 0 saturated carbocycles. The number of para-hydroxylation sites is 2. The van der Waals surface area contributed by atoms with E-state index in [4.69, 9.17) is 11.6 Å². The number of halogens is 2. The first-order chi connectivity index (χ1) is 17.3. The molecule has 36 heavy (non-hydrogen) atoms. The lowest BCUT2D eigenvalue weighted by atomic mass is 10.2. The zero-order valence-electron chi connectivity index (χ0n) is 19.0. The largest absolute Gasteiger partial charge is 0.323 e. The minimum atomic E-state index is -4.13. The highest BCUT2D eigenvalue weighted by molar-refractivity contribution is 7.98. The van der Waals surface area contributed by atoms with Gasteiger partial charge in [-0.2, -0.15) is 0 Å². The van der Waals surface area contributed by atoms with Crippen molar-refractivity contribution >= 4 is 50.7 Å². The summed E-state index contributed by atoms with van der Waals surface area (Å²) < 4.78 is 41.2. The highest BCUT2D eigenvalue weighted by Gasteiger charge is 2.27. The van der Waals surface area contributed by atoms with E-state index in [1.54, 1.807) is 54.2 Å². The molecule has 1 N–H and O–H groups in total. The van der Waals surface area contributed by atoms with Gasteiger partial charge in [0, 0.05) is 15.7 Å². The molecule has 0 radical (unpaired) electrons. The van der Waals surface area contributed by atoms with Gasteiger partial charge in [-0.05, 0) is 66.2 Å². The third kappa shape index (κ3) is 6.46. The van der Waals surface area contributed by atoms with Crippen molar-refractivity contribution in [3.8, 4) is 0 Å². The van der Waals surface area contributed by atoms with Crippen LogP contribution >= 0.6 is 23.4 Å². The van der Waals surface area contributed by atoms with Crippen molar-refractivity contribution in [2.24, 2.45) is 0 Å². The van der Waals surface area contributed by atoms with Crippen LogP contribution in [0.5, 0.6) is 0 Å². The molecule has 0 aliphatic rings. The minimum Gasteiger partial charge on any atom is -0.323 e. The Kier molecular flexibility index (Phi) is 8.30. The minimum absolute atomic E-state index is 0.112. The number of rotatable bonds is 9. The molecule has 184 valence electrons. The van der Waals surface area contributed by atoms with Crippen molar-refractivity contribution in [3.05, 3.63) is 120 Å². The summed E-state index contributed by atoms with van der Waals surface area (Å²) in [5.41, 5.74) is 1.97. The Morgan fingerprint density at radius 1 is 0.861 bits per heavy atom. The maximum Gasteiger partial charge on any atom is 0.264 e. The Morgan fingerprint density at radius 3 is 2.19 bits per heavy atom. The van der Waals surface area contributed by atoms with E-state index >= 15 is 0 Å². The Balaban J connectivity index is 1.54. The number of anilines is 2. The molecule has 0 aliphatic heterocycles. The molecule has 0 aromatic heterocycles. The van der Waals surface area contributed by atoms with Gasteiger partial charge < -0.3 is 5.32 Å². The molecule has 5 nitrogen and oxygen atoms in total. The van der Waals surface area contributed by atoms with E-state index in [-0.39, 0.29) is 4.90 Å². The predicted octanol–water partition coefficient (Wildman–Crippen LogP) is 6.61. The summed E-state index contributed by atoms with van der Waals surface area (Å²) >= 11 is 7.50. The van der Waals surface area contributed by atoms with Crippen LogP contribution in [0.4, 0.5) is 15.8 Å². The fourth-order valence-electron chi connectivity index (χ4n) is 3.40. The van der Waals surface area contributed by atoms with Crippen LogP contribution in [-0.4, -0.2) is 20.9 Å². The van der Waals surface area contributed by atoms with Gasteiger partial charge in [0.15, 0.2) is 0 Å². The summed E-state index contributed by atoms with van der Waals surface area (Å²) in [5, 5.41) is 3.50. The highest BCUT2D eigenvalue weighted by atomic mass is 35.5. The molecule has 9 heteroatoms. The molecule has 0 aliphatic carbocycles. The van der Waals surface area contributed by atoms with Gasteiger partial charge in [-0.3, -0.25) is 9.10 Å². The second kappa shape index (κ2) is 11.6. The fraction of sp³-hybridized carbons (Fsp3) is 0.0741. The summed E-state index contributed by atoms with van der Waals surface area (Å²) in [6, 6.07) is 27.7. The van der Waals surface area contributed by atoms with Crippen LogP contribution in [0.15, 0.2) is 113 Å². The standard InChI is InChI=1S/C27H22ClFN2O3S2/c28-21-12-10-20(11-13-21)19-35-26-9-5-4-8-25(26)30-27(32)18-31(23-6-2-1-3-7-23)36(33,34)24-16-14-22(29)15-17-24/h1-17H,18-19H2,(H,30,32). The summed E-state index contributed by atoms with van der Waals surface area (Å²) in [6.45, 7) is -0.458. The van der Waals surface area contributed by atoms with Crippen LogP contribution in [0.2, 0.25) is 5.02 Å². The lowest BCUT2D eigenvalue weighted by Crippen LogP contribution is -2.38. The van der Waals surface area contributed by atoms with Crippen molar-refractivity contribution < 1.29 is 17.6 Å². The van der Waals surface area contributed by atoms with Crippen LogP contribution < -0.4 is 9.62 Å². The summed E-state index contributed by atoms with van der Waals surface area (Å²) in [6.07, 6.45) is 0. The van der Waals surface area contributed by atoms with E-state index in [2.05, 4.69) is 5.32 Å². The Bertz CT molecular complexity index is 1430. The van der Waals surface area contributed by atoms with E-state index in [9.17, 15) is 17.6 Å². The van der Waals surface area contributed by atoms with Gasteiger partial charge in [-0.15, -0.1) is 11.8 Å². The van der Waals surface area contributed by atoms with Gasteiger partial charge in [-0.25, -0.2) is 12.8 Å². The molecule has 0 unspecified atom stereocenters. The van der Waals surface area contributed by atoms with E-state index in [1.165, 1.54) is 12.1 Å². The fourth-order valence-corrected chi connectivity index (χ4v) is 5.91. The zero-order valence-corrected chi connectivity index (χ0v) is 21.4. The van der Waals surface area contributed by atoms with Crippen LogP contribution in [0, 0.1) is 5.82 Å². The van der Waals surface area contributed by atoms with Crippen molar-refractivity contribution in [2.75, 3.05) is 16.2 Å². The lowest BCUT2D eigenvalue weighted by Gasteiger charge is -2.24. The van der Waals surface area contributed by atoms with Crippen LogP contribution in [0.1, 0.15) is 5.56 Å². The first kappa shape index (κ1) is 25.8. The highest BCUT2D eigenvalue weighted by Crippen LogP contribution is 2.30. The smallest absolute Gasteiger partial charge is 0.264 e. The predicted molar refractivity (Wildman–Crippen MR) is 143 cm³/mol. The number of hydrogen-bond acceptors (Lipinski definition) is 4. The number of nitrogens with one attached hydrogen (secondary N) is 1. The number of benzene rings is 4.